The molecule has 0 saturated heterocycles. The standard InChI is InChI=1S/C31H34F2/c1-21(2)22(3)23-12-14-25(15-13-23)28(24-10-8-7-9-11-24)20-29(30(32)33)26-16-18-27(19-17-26)31(4,5)6/h7-19,28H,20H2,1-6H3. The molecule has 0 bridgehead atoms. The highest BCUT2D eigenvalue weighted by Crippen LogP contribution is 2.38. The molecule has 0 nitrogen and oxygen atoms in total. The molecule has 0 aliphatic carbocycles. The van der Waals surface area contributed by atoms with E-state index < -0.39 is 6.08 Å². The summed E-state index contributed by atoms with van der Waals surface area (Å²) in [5, 5.41) is 0. The third-order valence-corrected chi connectivity index (χ3v) is 6.43. The maximum absolute atomic E-state index is 14.2. The Morgan fingerprint density at radius 1 is 0.697 bits per heavy atom. The van der Waals surface area contributed by atoms with E-state index in [-0.39, 0.29) is 23.3 Å². The molecule has 0 spiro atoms. The highest BCUT2D eigenvalue weighted by molar-refractivity contribution is 5.69. The molecule has 33 heavy (non-hydrogen) atoms. The summed E-state index contributed by atoms with van der Waals surface area (Å²) in [7, 11) is 0. The molecular formula is C31H34F2. The Bertz CT molecular complexity index is 1120. The van der Waals surface area contributed by atoms with Crippen molar-refractivity contribution < 1.29 is 8.78 Å². The van der Waals surface area contributed by atoms with Crippen LogP contribution in [0, 0.1) is 0 Å². The molecule has 3 rings (SSSR count). The lowest BCUT2D eigenvalue weighted by Crippen LogP contribution is -2.10. The van der Waals surface area contributed by atoms with Crippen LogP contribution in [0.2, 0.25) is 0 Å². The quantitative estimate of drug-likeness (QED) is 0.355. The van der Waals surface area contributed by atoms with Gasteiger partial charge in [-0.3, -0.25) is 0 Å². The SMILES string of the molecule is CC(C)=C(C)c1ccc(C(CC(=C(F)F)c2ccc(C(C)(C)C)cc2)c2ccccc2)cc1. The Kier molecular flexibility index (Phi) is 7.68. The summed E-state index contributed by atoms with van der Waals surface area (Å²) < 4.78 is 28.5. The Morgan fingerprint density at radius 2 is 1.21 bits per heavy atom. The fourth-order valence-corrected chi connectivity index (χ4v) is 4.05. The van der Waals surface area contributed by atoms with E-state index in [9.17, 15) is 8.78 Å². The molecule has 0 radical (unpaired) electrons. The molecule has 0 fully saturated rings. The molecule has 0 aliphatic heterocycles. The zero-order valence-electron chi connectivity index (χ0n) is 20.5. The largest absolute Gasteiger partial charge is 0.274 e. The van der Waals surface area contributed by atoms with Crippen molar-refractivity contribution in [2.24, 2.45) is 0 Å². The first-order chi connectivity index (χ1) is 15.6. The molecule has 0 N–H and O–H groups in total. The minimum absolute atomic E-state index is 0.0194. The van der Waals surface area contributed by atoms with Gasteiger partial charge in [-0.05, 0) is 66.0 Å². The van der Waals surface area contributed by atoms with Crippen LogP contribution in [-0.4, -0.2) is 0 Å². The fourth-order valence-electron chi connectivity index (χ4n) is 4.05. The van der Waals surface area contributed by atoms with Crippen LogP contribution in [0.5, 0.6) is 0 Å². The molecule has 0 saturated carbocycles. The molecule has 0 heterocycles. The molecule has 172 valence electrons. The molecule has 3 aromatic rings. The Morgan fingerprint density at radius 3 is 1.70 bits per heavy atom. The van der Waals surface area contributed by atoms with Crippen LogP contribution in [0.3, 0.4) is 0 Å². The third-order valence-electron chi connectivity index (χ3n) is 6.43. The van der Waals surface area contributed by atoms with Crippen LogP contribution in [0.1, 0.15) is 81.7 Å². The average molecular weight is 445 g/mol. The van der Waals surface area contributed by atoms with Crippen molar-refractivity contribution in [2.75, 3.05) is 0 Å². The van der Waals surface area contributed by atoms with Crippen LogP contribution >= 0.6 is 0 Å². The van der Waals surface area contributed by atoms with Crippen LogP contribution in [-0.2, 0) is 5.41 Å². The van der Waals surface area contributed by atoms with E-state index in [1.54, 1.807) is 0 Å². The summed E-state index contributed by atoms with van der Waals surface area (Å²) in [6, 6.07) is 25.9. The van der Waals surface area contributed by atoms with Crippen molar-refractivity contribution in [2.45, 2.75) is 59.3 Å². The van der Waals surface area contributed by atoms with Crippen molar-refractivity contribution in [3.8, 4) is 0 Å². The van der Waals surface area contributed by atoms with E-state index in [4.69, 9.17) is 0 Å². The van der Waals surface area contributed by atoms with E-state index in [1.165, 1.54) is 11.1 Å². The second kappa shape index (κ2) is 10.3. The first-order valence-corrected chi connectivity index (χ1v) is 11.5. The predicted molar refractivity (Wildman–Crippen MR) is 138 cm³/mol. The smallest absolute Gasteiger partial charge is 0.173 e. The van der Waals surface area contributed by atoms with Gasteiger partial charge >= 0.3 is 0 Å². The topological polar surface area (TPSA) is 0 Å². The Labute approximate surface area is 197 Å². The molecular weight excluding hydrogens is 410 g/mol. The van der Waals surface area contributed by atoms with E-state index in [0.29, 0.717) is 5.56 Å². The summed E-state index contributed by atoms with van der Waals surface area (Å²) in [5.74, 6) is -0.161. The second-order valence-corrected chi connectivity index (χ2v) is 9.98. The van der Waals surface area contributed by atoms with Gasteiger partial charge in [-0.25, -0.2) is 0 Å². The minimum atomic E-state index is -1.61. The van der Waals surface area contributed by atoms with Gasteiger partial charge in [-0.2, -0.15) is 8.78 Å². The number of hydrogen-bond donors (Lipinski definition) is 0. The average Bonchev–Trinajstić information content (AvgIpc) is 2.79. The van der Waals surface area contributed by atoms with Gasteiger partial charge in [0.05, 0.1) is 0 Å². The van der Waals surface area contributed by atoms with Crippen molar-refractivity contribution in [1.82, 2.24) is 0 Å². The number of halogens is 2. The fraction of sp³-hybridized carbons (Fsp3) is 0.290. The van der Waals surface area contributed by atoms with E-state index in [1.807, 2.05) is 54.6 Å². The first-order valence-electron chi connectivity index (χ1n) is 11.5. The van der Waals surface area contributed by atoms with Gasteiger partial charge in [0.25, 0.3) is 6.08 Å². The maximum atomic E-state index is 14.2. The minimum Gasteiger partial charge on any atom is -0.173 e. The zero-order chi connectivity index (χ0) is 24.2. The van der Waals surface area contributed by atoms with Crippen molar-refractivity contribution in [3.63, 3.8) is 0 Å². The van der Waals surface area contributed by atoms with Gasteiger partial charge in [0.1, 0.15) is 0 Å². The second-order valence-electron chi connectivity index (χ2n) is 9.98. The molecule has 1 unspecified atom stereocenters. The van der Waals surface area contributed by atoms with Crippen LogP contribution in [0.15, 0.2) is 90.5 Å². The number of hydrogen-bond acceptors (Lipinski definition) is 0. The van der Waals surface area contributed by atoms with Gasteiger partial charge in [-0.15, -0.1) is 0 Å². The Hall–Kier alpha value is -3.00. The van der Waals surface area contributed by atoms with Crippen LogP contribution < -0.4 is 0 Å². The van der Waals surface area contributed by atoms with Crippen molar-refractivity contribution >= 4 is 11.1 Å². The lowest BCUT2D eigenvalue weighted by molar-refractivity contribution is 0.422. The van der Waals surface area contributed by atoms with Gasteiger partial charge in [0.15, 0.2) is 0 Å². The number of allylic oxidation sites excluding steroid dienone is 3. The molecule has 3 aromatic carbocycles. The predicted octanol–water partition coefficient (Wildman–Crippen LogP) is 9.63. The summed E-state index contributed by atoms with van der Waals surface area (Å²) in [5.41, 5.74) is 7.55. The van der Waals surface area contributed by atoms with Gasteiger partial charge in [-0.1, -0.05) is 105 Å². The van der Waals surface area contributed by atoms with Crippen LogP contribution in [0.25, 0.3) is 11.1 Å². The summed E-state index contributed by atoms with van der Waals surface area (Å²) in [6.45, 7) is 12.7. The molecule has 0 amide bonds. The highest BCUT2D eigenvalue weighted by atomic mass is 19.3. The number of rotatable bonds is 6. The number of benzene rings is 3. The van der Waals surface area contributed by atoms with Crippen LogP contribution in [0.4, 0.5) is 8.78 Å². The highest BCUT2D eigenvalue weighted by Gasteiger charge is 2.21. The molecule has 1 atom stereocenters. The molecule has 0 aromatic heterocycles. The van der Waals surface area contributed by atoms with Gasteiger partial charge in [0, 0.05) is 11.5 Å². The monoisotopic (exact) mass is 444 g/mol. The van der Waals surface area contributed by atoms with E-state index >= 15 is 0 Å². The summed E-state index contributed by atoms with van der Waals surface area (Å²) >= 11 is 0. The van der Waals surface area contributed by atoms with Gasteiger partial charge in [0.2, 0.25) is 0 Å². The summed E-state index contributed by atoms with van der Waals surface area (Å²) in [4.78, 5) is 0. The first kappa shape index (κ1) is 24.6. The van der Waals surface area contributed by atoms with Gasteiger partial charge < -0.3 is 0 Å². The maximum Gasteiger partial charge on any atom is 0.274 e. The summed E-state index contributed by atoms with van der Waals surface area (Å²) in [6.07, 6.45) is -1.38. The lowest BCUT2D eigenvalue weighted by Gasteiger charge is -2.22. The zero-order valence-corrected chi connectivity index (χ0v) is 20.5. The van der Waals surface area contributed by atoms with Crippen molar-refractivity contribution in [3.05, 3.63) is 118 Å². The molecule has 2 heteroatoms. The van der Waals surface area contributed by atoms with Crippen molar-refractivity contribution in [1.29, 1.82) is 0 Å². The lowest BCUT2D eigenvalue weighted by atomic mass is 9.82. The molecule has 0 aliphatic rings. The third kappa shape index (κ3) is 6.07. The van der Waals surface area contributed by atoms with E-state index in [0.717, 1.165) is 22.3 Å². The normalized spacial score (nSPS) is 12.2. The van der Waals surface area contributed by atoms with E-state index in [2.05, 4.69) is 65.8 Å². The Balaban J connectivity index is 2.01.